The Morgan fingerprint density at radius 3 is 2.88 bits per heavy atom. The van der Waals surface area contributed by atoms with Gasteiger partial charge in [-0.25, -0.2) is 0 Å². The fourth-order valence-corrected chi connectivity index (χ4v) is 2.48. The van der Waals surface area contributed by atoms with Gasteiger partial charge in [0, 0.05) is 25.8 Å². The van der Waals surface area contributed by atoms with Crippen LogP contribution in [0.1, 0.15) is 26.2 Å². The Morgan fingerprint density at radius 1 is 1.32 bits per heavy atom. The fourth-order valence-electron chi connectivity index (χ4n) is 2.48. The van der Waals surface area contributed by atoms with Crippen LogP contribution < -0.4 is 20.1 Å². The highest BCUT2D eigenvalue weighted by Crippen LogP contribution is 2.18. The van der Waals surface area contributed by atoms with E-state index in [1.165, 1.54) is 0 Å². The lowest BCUT2D eigenvalue weighted by atomic mass is 10.2. The number of aliphatic imine (C=N–C) groups is 1. The topological polar surface area (TPSA) is 64.1 Å². The highest BCUT2D eigenvalue weighted by Gasteiger charge is 2.14. The Kier molecular flexibility index (Phi) is 11.4. The van der Waals surface area contributed by atoms with Crippen molar-refractivity contribution in [1.29, 1.82) is 0 Å². The van der Waals surface area contributed by atoms with Gasteiger partial charge in [0.1, 0.15) is 11.5 Å². The van der Waals surface area contributed by atoms with Crippen molar-refractivity contribution in [3.05, 3.63) is 24.3 Å². The first-order valence-electron chi connectivity index (χ1n) is 8.72. The van der Waals surface area contributed by atoms with Gasteiger partial charge in [-0.1, -0.05) is 6.07 Å². The van der Waals surface area contributed by atoms with Crippen molar-refractivity contribution in [2.45, 2.75) is 32.3 Å². The molecule has 1 aromatic rings. The molecule has 2 N–H and O–H groups in total. The summed E-state index contributed by atoms with van der Waals surface area (Å²) in [6.45, 7) is 5.95. The number of halogens is 1. The molecular weight excluding hydrogens is 433 g/mol. The van der Waals surface area contributed by atoms with Gasteiger partial charge in [-0.2, -0.15) is 0 Å². The predicted octanol–water partition coefficient (Wildman–Crippen LogP) is 2.82. The van der Waals surface area contributed by atoms with Crippen molar-refractivity contribution < 1.29 is 14.2 Å². The number of benzene rings is 1. The number of rotatable bonds is 9. The molecule has 142 valence electrons. The van der Waals surface area contributed by atoms with Gasteiger partial charge >= 0.3 is 0 Å². The van der Waals surface area contributed by atoms with Gasteiger partial charge in [-0.3, -0.25) is 4.99 Å². The molecule has 0 bridgehead atoms. The van der Waals surface area contributed by atoms with E-state index in [0.717, 1.165) is 63.0 Å². The van der Waals surface area contributed by atoms with E-state index >= 15 is 0 Å². The maximum absolute atomic E-state index is 5.73. The quantitative estimate of drug-likeness (QED) is 0.255. The molecule has 1 saturated heterocycles. The Morgan fingerprint density at radius 2 is 2.16 bits per heavy atom. The van der Waals surface area contributed by atoms with E-state index in [1.54, 1.807) is 7.11 Å². The molecular formula is C18H30IN3O3. The number of nitrogens with zero attached hydrogens (tertiary/aromatic N) is 1. The van der Waals surface area contributed by atoms with E-state index in [2.05, 4.69) is 22.5 Å². The van der Waals surface area contributed by atoms with Gasteiger partial charge in [-0.15, -0.1) is 24.0 Å². The van der Waals surface area contributed by atoms with E-state index in [4.69, 9.17) is 14.2 Å². The molecule has 25 heavy (non-hydrogen) atoms. The minimum Gasteiger partial charge on any atom is -0.497 e. The van der Waals surface area contributed by atoms with E-state index in [-0.39, 0.29) is 30.1 Å². The summed E-state index contributed by atoms with van der Waals surface area (Å²) in [7, 11) is 1.65. The number of methoxy groups -OCH3 is 1. The van der Waals surface area contributed by atoms with Crippen LogP contribution in [0.15, 0.2) is 29.3 Å². The fraction of sp³-hybridized carbons (Fsp3) is 0.611. The van der Waals surface area contributed by atoms with Crippen LogP contribution >= 0.6 is 24.0 Å². The van der Waals surface area contributed by atoms with Crippen LogP contribution in [-0.2, 0) is 4.74 Å². The first-order chi connectivity index (χ1) is 11.8. The molecule has 2 rings (SSSR count). The number of ether oxygens (including phenoxy) is 3. The lowest BCUT2D eigenvalue weighted by Gasteiger charge is -2.13. The lowest BCUT2D eigenvalue weighted by Crippen LogP contribution is -2.38. The van der Waals surface area contributed by atoms with Gasteiger partial charge in [0.15, 0.2) is 5.96 Å². The van der Waals surface area contributed by atoms with E-state index in [1.807, 2.05) is 24.3 Å². The van der Waals surface area contributed by atoms with Crippen LogP contribution in [-0.4, -0.2) is 52.0 Å². The molecule has 0 aromatic heterocycles. The smallest absolute Gasteiger partial charge is 0.191 e. The summed E-state index contributed by atoms with van der Waals surface area (Å²) >= 11 is 0. The highest BCUT2D eigenvalue weighted by atomic mass is 127. The van der Waals surface area contributed by atoms with Crippen molar-refractivity contribution in [2.24, 2.45) is 4.99 Å². The monoisotopic (exact) mass is 463 g/mol. The van der Waals surface area contributed by atoms with Gasteiger partial charge in [0.05, 0.1) is 26.4 Å². The maximum Gasteiger partial charge on any atom is 0.191 e. The molecule has 7 heteroatoms. The molecule has 0 amide bonds. The molecule has 1 aliphatic heterocycles. The standard InChI is InChI=1S/C18H29N3O3.HI/c1-3-19-18(21-14-17-9-5-11-24-17)20-10-6-12-23-16-8-4-7-15(13-16)22-2;/h4,7-8,13,17H,3,5-6,9-12,14H2,1-2H3,(H2,19,20,21);1H. The number of nitrogens with one attached hydrogen (secondary N) is 2. The second kappa shape index (κ2) is 13.0. The average Bonchev–Trinajstić information content (AvgIpc) is 3.13. The minimum atomic E-state index is 0. The molecule has 1 unspecified atom stereocenters. The van der Waals surface area contributed by atoms with Crippen molar-refractivity contribution >= 4 is 29.9 Å². The SMILES string of the molecule is CCNC(=NCC1CCCO1)NCCCOc1cccc(OC)c1.I. The van der Waals surface area contributed by atoms with Crippen molar-refractivity contribution in [3.63, 3.8) is 0 Å². The zero-order valence-electron chi connectivity index (χ0n) is 15.1. The Hall–Kier alpha value is -1.22. The van der Waals surface area contributed by atoms with Gasteiger partial charge in [0.2, 0.25) is 0 Å². The Labute approximate surface area is 167 Å². The predicted molar refractivity (Wildman–Crippen MR) is 111 cm³/mol. The molecule has 0 radical (unpaired) electrons. The first kappa shape index (κ1) is 21.8. The number of guanidine groups is 1. The van der Waals surface area contributed by atoms with Crippen LogP contribution in [0.25, 0.3) is 0 Å². The largest absolute Gasteiger partial charge is 0.497 e. The molecule has 1 fully saturated rings. The molecule has 0 aliphatic carbocycles. The lowest BCUT2D eigenvalue weighted by molar-refractivity contribution is 0.117. The third kappa shape index (κ3) is 8.62. The van der Waals surface area contributed by atoms with Crippen LogP contribution in [0.2, 0.25) is 0 Å². The van der Waals surface area contributed by atoms with Crippen LogP contribution in [0.4, 0.5) is 0 Å². The summed E-state index contributed by atoms with van der Waals surface area (Å²) in [5.74, 6) is 2.48. The Balaban J connectivity index is 0.00000312. The Bertz CT molecular complexity index is 508. The molecule has 1 heterocycles. The van der Waals surface area contributed by atoms with Crippen molar-refractivity contribution in [1.82, 2.24) is 10.6 Å². The van der Waals surface area contributed by atoms with Crippen LogP contribution in [0.3, 0.4) is 0 Å². The van der Waals surface area contributed by atoms with Gasteiger partial charge in [-0.05, 0) is 38.3 Å². The van der Waals surface area contributed by atoms with Crippen LogP contribution in [0, 0.1) is 0 Å². The number of hydrogen-bond donors (Lipinski definition) is 2. The number of hydrogen-bond acceptors (Lipinski definition) is 4. The average molecular weight is 463 g/mol. The van der Waals surface area contributed by atoms with E-state index < -0.39 is 0 Å². The zero-order valence-corrected chi connectivity index (χ0v) is 17.5. The van der Waals surface area contributed by atoms with Crippen LogP contribution in [0.5, 0.6) is 11.5 Å². The second-order valence-electron chi connectivity index (χ2n) is 5.66. The summed E-state index contributed by atoms with van der Waals surface area (Å²) in [5, 5.41) is 6.59. The zero-order chi connectivity index (χ0) is 17.0. The van der Waals surface area contributed by atoms with Crippen molar-refractivity contribution in [3.8, 4) is 11.5 Å². The third-order valence-electron chi connectivity index (χ3n) is 3.74. The maximum atomic E-state index is 5.73. The van der Waals surface area contributed by atoms with Crippen molar-refractivity contribution in [2.75, 3.05) is 40.0 Å². The molecule has 1 aliphatic rings. The third-order valence-corrected chi connectivity index (χ3v) is 3.74. The summed E-state index contributed by atoms with van der Waals surface area (Å²) in [6.07, 6.45) is 3.42. The highest BCUT2D eigenvalue weighted by molar-refractivity contribution is 14.0. The summed E-state index contributed by atoms with van der Waals surface area (Å²) < 4.78 is 16.5. The molecule has 6 nitrogen and oxygen atoms in total. The summed E-state index contributed by atoms with van der Waals surface area (Å²) in [6, 6.07) is 7.65. The normalized spacial score (nSPS) is 16.9. The second-order valence-corrected chi connectivity index (χ2v) is 5.66. The van der Waals surface area contributed by atoms with Gasteiger partial charge < -0.3 is 24.8 Å². The molecule has 1 aromatic carbocycles. The minimum absolute atomic E-state index is 0. The van der Waals surface area contributed by atoms with E-state index in [9.17, 15) is 0 Å². The molecule has 0 saturated carbocycles. The molecule has 1 atom stereocenters. The molecule has 0 spiro atoms. The van der Waals surface area contributed by atoms with Gasteiger partial charge in [0.25, 0.3) is 0 Å². The van der Waals surface area contributed by atoms with E-state index in [0.29, 0.717) is 6.61 Å². The summed E-state index contributed by atoms with van der Waals surface area (Å²) in [5.41, 5.74) is 0. The first-order valence-corrected chi connectivity index (χ1v) is 8.72. The summed E-state index contributed by atoms with van der Waals surface area (Å²) in [4.78, 5) is 4.59.